The second-order valence-electron chi connectivity index (χ2n) is 7.89. The number of aromatic nitrogens is 1. The second-order valence-corrected chi connectivity index (χ2v) is 7.89. The van der Waals surface area contributed by atoms with Gasteiger partial charge < -0.3 is 28.8 Å². The lowest BCUT2D eigenvalue weighted by Crippen LogP contribution is -2.48. The number of rotatable bonds is 8. The van der Waals surface area contributed by atoms with Crippen molar-refractivity contribution in [2.75, 3.05) is 54.6 Å². The Labute approximate surface area is 194 Å². The van der Waals surface area contributed by atoms with Gasteiger partial charge in [-0.25, -0.2) is 4.79 Å². The third-order valence-electron chi connectivity index (χ3n) is 6.12. The highest BCUT2D eigenvalue weighted by atomic mass is 16.5. The average Bonchev–Trinajstić information content (AvgIpc) is 3.19. The van der Waals surface area contributed by atoms with E-state index >= 15 is 0 Å². The van der Waals surface area contributed by atoms with Crippen LogP contribution in [0, 0.1) is 6.92 Å². The molecule has 0 aliphatic carbocycles. The first-order valence-corrected chi connectivity index (χ1v) is 11.0. The summed E-state index contributed by atoms with van der Waals surface area (Å²) in [6.45, 7) is 6.99. The number of H-pyrrole nitrogens is 1. The smallest absolute Gasteiger partial charge is 0.339 e. The Morgan fingerprint density at radius 1 is 0.970 bits per heavy atom. The van der Waals surface area contributed by atoms with E-state index < -0.39 is 5.97 Å². The maximum Gasteiger partial charge on any atom is 0.339 e. The number of benzene rings is 1. The Balaban J connectivity index is 1.70. The number of carbonyl (C=O) groups excluding carboxylic acids is 2. The molecule has 1 aliphatic heterocycles. The van der Waals surface area contributed by atoms with Gasteiger partial charge in [0.2, 0.25) is 5.75 Å². The zero-order chi connectivity index (χ0) is 24.1. The molecule has 1 saturated heterocycles. The molecule has 9 heteroatoms. The highest BCUT2D eigenvalue weighted by Crippen LogP contribution is 2.40. The van der Waals surface area contributed by atoms with E-state index in [4.69, 9.17) is 18.9 Å². The molecule has 1 amide bonds. The number of methoxy groups -OCH3 is 4. The Morgan fingerprint density at radius 2 is 1.64 bits per heavy atom. The van der Waals surface area contributed by atoms with E-state index in [1.54, 1.807) is 28.3 Å². The number of hydrogen-bond acceptors (Lipinski definition) is 7. The molecule has 2 aromatic rings. The number of aryl methyl sites for hydroxylation is 1. The minimum Gasteiger partial charge on any atom is -0.493 e. The first-order chi connectivity index (χ1) is 15.9. The molecule has 0 bridgehead atoms. The van der Waals surface area contributed by atoms with E-state index in [1.807, 2.05) is 24.0 Å². The van der Waals surface area contributed by atoms with E-state index in [0.29, 0.717) is 73.2 Å². The van der Waals surface area contributed by atoms with Crippen LogP contribution in [0.3, 0.4) is 0 Å². The van der Waals surface area contributed by atoms with Gasteiger partial charge in [-0.15, -0.1) is 0 Å². The largest absolute Gasteiger partial charge is 0.493 e. The van der Waals surface area contributed by atoms with Gasteiger partial charge >= 0.3 is 5.97 Å². The molecule has 0 unspecified atom stereocenters. The summed E-state index contributed by atoms with van der Waals surface area (Å²) in [5, 5.41) is 0. The molecule has 9 nitrogen and oxygen atoms in total. The van der Waals surface area contributed by atoms with Crippen LogP contribution in [0.4, 0.5) is 0 Å². The molecule has 2 heterocycles. The van der Waals surface area contributed by atoms with Crippen LogP contribution in [0.2, 0.25) is 0 Å². The third kappa shape index (κ3) is 4.78. The summed E-state index contributed by atoms with van der Waals surface area (Å²) in [4.78, 5) is 32.6. The molecule has 1 fully saturated rings. The van der Waals surface area contributed by atoms with Gasteiger partial charge in [0.25, 0.3) is 5.91 Å². The van der Waals surface area contributed by atoms with Gasteiger partial charge in [-0.3, -0.25) is 9.69 Å². The monoisotopic (exact) mass is 459 g/mol. The van der Waals surface area contributed by atoms with Crippen LogP contribution in [-0.2, 0) is 17.7 Å². The van der Waals surface area contributed by atoms with Crippen molar-refractivity contribution in [3.05, 3.63) is 40.2 Å². The fraction of sp³-hybridized carbons (Fsp3) is 0.500. The lowest BCUT2D eigenvalue weighted by molar-refractivity contribution is 0.0599. The molecule has 0 atom stereocenters. The quantitative estimate of drug-likeness (QED) is 0.607. The molecule has 33 heavy (non-hydrogen) atoms. The van der Waals surface area contributed by atoms with Crippen molar-refractivity contribution < 1.29 is 28.5 Å². The minimum absolute atomic E-state index is 0.0966. The Morgan fingerprint density at radius 3 is 2.18 bits per heavy atom. The van der Waals surface area contributed by atoms with Crippen LogP contribution in [0.25, 0.3) is 0 Å². The van der Waals surface area contributed by atoms with Crippen molar-refractivity contribution in [1.29, 1.82) is 0 Å². The highest BCUT2D eigenvalue weighted by Gasteiger charge is 2.29. The number of piperazine rings is 1. The van der Waals surface area contributed by atoms with Crippen molar-refractivity contribution >= 4 is 11.9 Å². The third-order valence-corrected chi connectivity index (χ3v) is 6.12. The minimum atomic E-state index is -0.423. The number of carbonyl (C=O) groups is 2. The zero-order valence-corrected chi connectivity index (χ0v) is 20.2. The summed E-state index contributed by atoms with van der Waals surface area (Å²) in [5.74, 6) is 1.32. The lowest BCUT2D eigenvalue weighted by Gasteiger charge is -2.35. The average molecular weight is 460 g/mol. The van der Waals surface area contributed by atoms with Gasteiger partial charge in [0.15, 0.2) is 11.5 Å². The number of ether oxygens (including phenoxy) is 4. The molecule has 0 spiro atoms. The molecule has 0 radical (unpaired) electrons. The molecular formula is C24H33N3O6. The summed E-state index contributed by atoms with van der Waals surface area (Å²) >= 11 is 0. The Hall–Kier alpha value is -3.20. The van der Waals surface area contributed by atoms with E-state index in [9.17, 15) is 9.59 Å². The van der Waals surface area contributed by atoms with Crippen LogP contribution >= 0.6 is 0 Å². The van der Waals surface area contributed by atoms with E-state index in [0.717, 1.165) is 11.3 Å². The van der Waals surface area contributed by atoms with Crippen LogP contribution in [0.1, 0.15) is 44.6 Å². The number of nitrogens with one attached hydrogen (secondary N) is 1. The molecule has 3 rings (SSSR count). The first-order valence-electron chi connectivity index (χ1n) is 11.0. The van der Waals surface area contributed by atoms with Crippen molar-refractivity contribution in [3.8, 4) is 17.2 Å². The zero-order valence-electron chi connectivity index (χ0n) is 20.2. The molecule has 1 N–H and O–H groups in total. The topological polar surface area (TPSA) is 93.3 Å². The molecule has 1 aromatic heterocycles. The van der Waals surface area contributed by atoms with Gasteiger partial charge in [0.05, 0.1) is 34.0 Å². The van der Waals surface area contributed by atoms with Crippen LogP contribution in [-0.4, -0.2) is 81.3 Å². The predicted octanol–water partition coefficient (Wildman–Crippen LogP) is 2.66. The van der Waals surface area contributed by atoms with Crippen molar-refractivity contribution in [1.82, 2.24) is 14.8 Å². The summed E-state index contributed by atoms with van der Waals surface area (Å²) in [5.41, 5.74) is 3.28. The van der Waals surface area contributed by atoms with Gasteiger partial charge in [-0.05, 0) is 25.0 Å². The fourth-order valence-electron chi connectivity index (χ4n) is 4.31. The van der Waals surface area contributed by atoms with Crippen LogP contribution in [0.15, 0.2) is 12.1 Å². The summed E-state index contributed by atoms with van der Waals surface area (Å²) in [6.07, 6.45) is 0.611. The Kier molecular flexibility index (Phi) is 7.86. The van der Waals surface area contributed by atoms with Gasteiger partial charge in [-0.2, -0.15) is 0 Å². The normalized spacial score (nSPS) is 14.2. The fourth-order valence-corrected chi connectivity index (χ4v) is 4.31. The summed E-state index contributed by atoms with van der Waals surface area (Å²) in [7, 11) is 6.15. The lowest BCUT2D eigenvalue weighted by atomic mass is 10.1. The summed E-state index contributed by atoms with van der Waals surface area (Å²) in [6, 6.07) is 3.84. The van der Waals surface area contributed by atoms with E-state index in [1.165, 1.54) is 7.11 Å². The molecule has 180 valence electrons. The maximum absolute atomic E-state index is 13.2. The van der Waals surface area contributed by atoms with E-state index in [2.05, 4.69) is 9.88 Å². The van der Waals surface area contributed by atoms with Gasteiger partial charge in [-0.1, -0.05) is 13.0 Å². The molecule has 0 saturated carbocycles. The van der Waals surface area contributed by atoms with Crippen LogP contribution in [0.5, 0.6) is 17.2 Å². The Bertz CT molecular complexity index is 1010. The molecular weight excluding hydrogens is 426 g/mol. The first kappa shape index (κ1) is 24.4. The van der Waals surface area contributed by atoms with Gasteiger partial charge in [0, 0.05) is 44.0 Å². The number of hydrogen-bond donors (Lipinski definition) is 1. The van der Waals surface area contributed by atoms with Crippen molar-refractivity contribution in [3.63, 3.8) is 0 Å². The number of esters is 1. The maximum atomic E-state index is 13.2. The second kappa shape index (κ2) is 10.6. The SMILES string of the molecule is CCc1[nH]c(C(=O)N2CCN(Cc3ccc(OC)c(OC)c3OC)CC2)c(C)c1C(=O)OC. The number of nitrogens with zero attached hydrogens (tertiary/aromatic N) is 2. The van der Waals surface area contributed by atoms with E-state index in [-0.39, 0.29) is 5.91 Å². The standard InChI is InChI=1S/C24H33N3O6/c1-7-17-19(24(29)33-6)15(2)20(25-17)23(28)27-12-10-26(11-13-27)14-16-8-9-18(30-3)22(32-5)21(16)31-4/h8-9,25H,7,10-14H2,1-6H3. The van der Waals surface area contributed by atoms with Crippen molar-refractivity contribution in [2.24, 2.45) is 0 Å². The summed E-state index contributed by atoms with van der Waals surface area (Å²) < 4.78 is 21.3. The van der Waals surface area contributed by atoms with Crippen molar-refractivity contribution in [2.45, 2.75) is 26.8 Å². The van der Waals surface area contributed by atoms with Gasteiger partial charge in [0.1, 0.15) is 5.69 Å². The molecule has 1 aromatic carbocycles. The molecule has 1 aliphatic rings. The highest BCUT2D eigenvalue weighted by molar-refractivity contribution is 6.00. The number of amides is 1. The van der Waals surface area contributed by atoms with Crippen LogP contribution < -0.4 is 14.2 Å². The number of aromatic amines is 1. The predicted molar refractivity (Wildman–Crippen MR) is 124 cm³/mol.